The minimum Gasteiger partial charge on any atom is -0.497 e. The van der Waals surface area contributed by atoms with Crippen LogP contribution in [0.15, 0.2) is 47.0 Å². The summed E-state index contributed by atoms with van der Waals surface area (Å²) in [4.78, 5) is 17.0. The van der Waals surface area contributed by atoms with Crippen molar-refractivity contribution in [2.45, 2.75) is 19.3 Å². The zero-order valence-corrected chi connectivity index (χ0v) is 19.1. The summed E-state index contributed by atoms with van der Waals surface area (Å²) in [5, 5.41) is 11.4. The third-order valence-corrected chi connectivity index (χ3v) is 7.25. The first-order valence-corrected chi connectivity index (χ1v) is 11.1. The molecule has 31 heavy (non-hydrogen) atoms. The first kappa shape index (κ1) is 21.4. The molecule has 1 amide bonds. The van der Waals surface area contributed by atoms with Gasteiger partial charge in [0.15, 0.2) is 0 Å². The third kappa shape index (κ3) is 3.82. The van der Waals surface area contributed by atoms with Gasteiger partial charge in [0, 0.05) is 28.6 Å². The Kier molecular flexibility index (Phi) is 6.03. The summed E-state index contributed by atoms with van der Waals surface area (Å²) in [6, 6.07) is 13.6. The fourth-order valence-electron chi connectivity index (χ4n) is 4.03. The Balaban J connectivity index is 1.72. The van der Waals surface area contributed by atoms with Crippen LogP contribution in [0.1, 0.15) is 23.5 Å². The second kappa shape index (κ2) is 8.74. The molecule has 1 atom stereocenters. The van der Waals surface area contributed by atoms with E-state index < -0.39 is 0 Å². The molecule has 2 aromatic rings. The summed E-state index contributed by atoms with van der Waals surface area (Å²) < 4.78 is 10.9. The lowest BCUT2D eigenvalue weighted by Gasteiger charge is -2.42. The van der Waals surface area contributed by atoms with E-state index in [0.717, 1.165) is 16.8 Å². The Labute approximate surface area is 191 Å². The molecule has 0 bridgehead atoms. The molecule has 6 nitrogen and oxygen atoms in total. The molecule has 0 N–H and O–H groups in total. The molecule has 2 aromatic carbocycles. The Morgan fingerprint density at radius 3 is 2.74 bits per heavy atom. The number of halogens is 1. The second-order valence-electron chi connectivity index (χ2n) is 7.36. The van der Waals surface area contributed by atoms with E-state index in [1.165, 1.54) is 11.8 Å². The highest BCUT2D eigenvalue weighted by Gasteiger charge is 2.39. The number of amides is 1. The summed E-state index contributed by atoms with van der Waals surface area (Å²) in [5.41, 5.74) is 3.33. The number of allylic oxidation sites excluding steroid dienone is 1. The molecule has 0 spiro atoms. The first-order valence-electron chi connectivity index (χ1n) is 9.77. The number of hydrogen-bond donors (Lipinski definition) is 0. The molecule has 2 aliphatic rings. The molecular formula is C23H22ClN3O3S. The van der Waals surface area contributed by atoms with Gasteiger partial charge in [-0.05, 0) is 42.8 Å². The number of fused-ring (bicyclic) bond motifs is 1. The standard InChI is InChI=1S/C23H22ClN3O3S/c1-14-19(24)5-4-6-20(14)26-12-27-22(28)10-16(18(11-25)23(27)31-13-26)17-9-15(29-2)7-8-21(17)30-3/h4-9,16H,10,12-13H2,1-3H3/t16-/m1/s1. The van der Waals surface area contributed by atoms with Crippen LogP contribution in [0.3, 0.4) is 0 Å². The summed E-state index contributed by atoms with van der Waals surface area (Å²) in [5.74, 6) is 1.51. The number of benzene rings is 2. The third-order valence-electron chi connectivity index (χ3n) is 5.69. The van der Waals surface area contributed by atoms with Crippen LogP contribution in [0.2, 0.25) is 5.02 Å². The van der Waals surface area contributed by atoms with Crippen LogP contribution in [-0.4, -0.2) is 37.6 Å². The normalized spacial score (nSPS) is 18.5. The number of carbonyl (C=O) groups is 1. The summed E-state index contributed by atoms with van der Waals surface area (Å²) in [7, 11) is 3.18. The minimum atomic E-state index is -0.374. The maximum Gasteiger partial charge on any atom is 0.229 e. The number of rotatable bonds is 4. The lowest BCUT2D eigenvalue weighted by Crippen LogP contribution is -2.47. The van der Waals surface area contributed by atoms with E-state index in [-0.39, 0.29) is 18.2 Å². The van der Waals surface area contributed by atoms with Crippen molar-refractivity contribution in [3.8, 4) is 17.6 Å². The van der Waals surface area contributed by atoms with Crippen LogP contribution in [0.25, 0.3) is 0 Å². The van der Waals surface area contributed by atoms with Gasteiger partial charge in [0.2, 0.25) is 5.91 Å². The average molecular weight is 456 g/mol. The highest BCUT2D eigenvalue weighted by Crippen LogP contribution is 2.46. The van der Waals surface area contributed by atoms with Gasteiger partial charge in [-0.25, -0.2) is 0 Å². The van der Waals surface area contributed by atoms with Crippen molar-refractivity contribution in [1.29, 1.82) is 5.26 Å². The van der Waals surface area contributed by atoms with Gasteiger partial charge in [0.1, 0.15) is 11.5 Å². The van der Waals surface area contributed by atoms with E-state index in [1.54, 1.807) is 25.2 Å². The van der Waals surface area contributed by atoms with E-state index in [4.69, 9.17) is 21.1 Å². The number of nitriles is 1. The van der Waals surface area contributed by atoms with Crippen molar-refractivity contribution in [2.75, 3.05) is 31.7 Å². The molecule has 160 valence electrons. The van der Waals surface area contributed by atoms with Gasteiger partial charge in [0.05, 0.1) is 43.4 Å². The van der Waals surface area contributed by atoms with Crippen LogP contribution < -0.4 is 14.4 Å². The zero-order valence-electron chi connectivity index (χ0n) is 17.5. The molecule has 0 radical (unpaired) electrons. The molecule has 4 rings (SSSR count). The van der Waals surface area contributed by atoms with Crippen molar-refractivity contribution in [3.05, 3.63) is 63.1 Å². The van der Waals surface area contributed by atoms with Crippen molar-refractivity contribution in [3.63, 3.8) is 0 Å². The molecule has 0 aliphatic carbocycles. The van der Waals surface area contributed by atoms with Crippen LogP contribution in [-0.2, 0) is 4.79 Å². The van der Waals surface area contributed by atoms with Crippen molar-refractivity contribution >= 4 is 35.0 Å². The van der Waals surface area contributed by atoms with Crippen LogP contribution in [0.5, 0.6) is 11.5 Å². The Morgan fingerprint density at radius 1 is 1.23 bits per heavy atom. The van der Waals surface area contributed by atoms with Crippen LogP contribution >= 0.6 is 23.4 Å². The molecule has 0 aromatic heterocycles. The maximum absolute atomic E-state index is 13.2. The first-order chi connectivity index (χ1) is 15.0. The van der Waals surface area contributed by atoms with Gasteiger partial charge in [-0.1, -0.05) is 29.4 Å². The van der Waals surface area contributed by atoms with Gasteiger partial charge in [-0.15, -0.1) is 0 Å². The van der Waals surface area contributed by atoms with Gasteiger partial charge in [-0.3, -0.25) is 9.69 Å². The zero-order chi connectivity index (χ0) is 22.1. The van der Waals surface area contributed by atoms with E-state index >= 15 is 0 Å². The monoisotopic (exact) mass is 455 g/mol. The predicted molar refractivity (Wildman–Crippen MR) is 122 cm³/mol. The molecule has 2 heterocycles. The van der Waals surface area contributed by atoms with Gasteiger partial charge in [-0.2, -0.15) is 5.26 Å². The topological polar surface area (TPSA) is 65.8 Å². The second-order valence-corrected chi connectivity index (χ2v) is 8.70. The predicted octanol–water partition coefficient (Wildman–Crippen LogP) is 4.89. The van der Waals surface area contributed by atoms with Crippen molar-refractivity contribution in [2.24, 2.45) is 0 Å². The minimum absolute atomic E-state index is 0.0271. The van der Waals surface area contributed by atoms with E-state index in [2.05, 4.69) is 11.0 Å². The maximum atomic E-state index is 13.2. The van der Waals surface area contributed by atoms with Crippen LogP contribution in [0, 0.1) is 18.3 Å². The summed E-state index contributed by atoms with van der Waals surface area (Å²) in [6.45, 7) is 2.35. The highest BCUT2D eigenvalue weighted by molar-refractivity contribution is 8.03. The number of methoxy groups -OCH3 is 2. The van der Waals surface area contributed by atoms with Gasteiger partial charge >= 0.3 is 0 Å². The van der Waals surface area contributed by atoms with Gasteiger partial charge < -0.3 is 14.4 Å². The Morgan fingerprint density at radius 2 is 2.03 bits per heavy atom. The molecule has 0 saturated carbocycles. The number of anilines is 1. The molecule has 8 heteroatoms. The van der Waals surface area contributed by atoms with E-state index in [1.807, 2.05) is 37.3 Å². The molecule has 2 aliphatic heterocycles. The molecule has 1 saturated heterocycles. The SMILES string of the molecule is COc1ccc(OC)c([C@H]2CC(=O)N3CN(c4cccc(Cl)c4C)CSC3=C2C#N)c1. The molecular weight excluding hydrogens is 434 g/mol. The highest BCUT2D eigenvalue weighted by atomic mass is 35.5. The van der Waals surface area contributed by atoms with Gasteiger partial charge in [0.25, 0.3) is 0 Å². The number of hydrogen-bond acceptors (Lipinski definition) is 6. The fraction of sp³-hybridized carbons (Fsp3) is 0.304. The Bertz CT molecular complexity index is 1110. The number of thioether (sulfide) groups is 1. The van der Waals surface area contributed by atoms with E-state index in [9.17, 15) is 10.1 Å². The van der Waals surface area contributed by atoms with E-state index in [0.29, 0.717) is 39.7 Å². The van der Waals surface area contributed by atoms with Crippen molar-refractivity contribution < 1.29 is 14.3 Å². The molecule has 1 fully saturated rings. The smallest absolute Gasteiger partial charge is 0.229 e. The lowest BCUT2D eigenvalue weighted by atomic mass is 9.86. The largest absolute Gasteiger partial charge is 0.497 e. The summed E-state index contributed by atoms with van der Waals surface area (Å²) in [6.07, 6.45) is 0.193. The number of ether oxygens (including phenoxy) is 2. The molecule has 0 unspecified atom stereocenters. The number of carbonyl (C=O) groups excluding carboxylic acids is 1. The average Bonchev–Trinajstić information content (AvgIpc) is 2.80. The van der Waals surface area contributed by atoms with Crippen LogP contribution in [0.4, 0.5) is 5.69 Å². The van der Waals surface area contributed by atoms with Crippen molar-refractivity contribution in [1.82, 2.24) is 4.90 Å². The summed E-state index contributed by atoms with van der Waals surface area (Å²) >= 11 is 7.79. The fourth-order valence-corrected chi connectivity index (χ4v) is 5.36. The quantitative estimate of drug-likeness (QED) is 0.654. The number of nitrogens with zero attached hydrogens (tertiary/aromatic N) is 3. The Hall–Kier alpha value is -2.82. The lowest BCUT2D eigenvalue weighted by molar-refractivity contribution is -0.129.